The lowest BCUT2D eigenvalue weighted by Gasteiger charge is -2.08. The third kappa shape index (κ3) is 2.99. The largest absolute Gasteiger partial charge is 0.381 e. The first-order valence-electron chi connectivity index (χ1n) is 7.80. The number of anilines is 1. The van der Waals surface area contributed by atoms with E-state index in [9.17, 15) is 0 Å². The van der Waals surface area contributed by atoms with Crippen LogP contribution in [0, 0.1) is 0 Å². The van der Waals surface area contributed by atoms with Crippen LogP contribution >= 0.6 is 11.6 Å². The Kier molecular flexibility index (Phi) is 3.93. The van der Waals surface area contributed by atoms with Crippen molar-refractivity contribution in [2.24, 2.45) is 0 Å². The van der Waals surface area contributed by atoms with Crippen molar-refractivity contribution in [1.29, 1.82) is 0 Å². The summed E-state index contributed by atoms with van der Waals surface area (Å²) in [5, 5.41) is 4.19. The topological polar surface area (TPSA) is 29.9 Å². The summed E-state index contributed by atoms with van der Waals surface area (Å²) in [6, 6.07) is 24.3. The second-order valence-corrected chi connectivity index (χ2v) is 6.07. The van der Waals surface area contributed by atoms with Crippen LogP contribution in [0.3, 0.4) is 0 Å². The highest BCUT2D eigenvalue weighted by Crippen LogP contribution is 2.22. The van der Waals surface area contributed by atoms with E-state index < -0.39 is 0 Å². The number of hydrogen-bond acceptors (Lipinski definition) is 2. The van der Waals surface area contributed by atoms with Gasteiger partial charge in [0.15, 0.2) is 0 Å². The van der Waals surface area contributed by atoms with Crippen molar-refractivity contribution >= 4 is 28.3 Å². The average Bonchev–Trinajstić information content (AvgIpc) is 3.05. The van der Waals surface area contributed by atoms with Gasteiger partial charge in [-0.1, -0.05) is 41.9 Å². The Morgan fingerprint density at radius 2 is 1.71 bits per heavy atom. The Labute approximate surface area is 145 Å². The summed E-state index contributed by atoms with van der Waals surface area (Å²) in [5.74, 6) is 0. The number of nitrogens with zero attached hydrogens (tertiary/aromatic N) is 2. The van der Waals surface area contributed by atoms with Crippen LogP contribution in [0.5, 0.6) is 0 Å². The summed E-state index contributed by atoms with van der Waals surface area (Å²) in [6.07, 6.45) is 1.86. The van der Waals surface area contributed by atoms with E-state index in [4.69, 9.17) is 11.6 Å². The number of fused-ring (bicyclic) bond motifs is 1. The highest BCUT2D eigenvalue weighted by atomic mass is 35.5. The molecule has 0 atom stereocenters. The van der Waals surface area contributed by atoms with Crippen molar-refractivity contribution in [2.75, 3.05) is 5.32 Å². The molecule has 3 nitrogen and oxygen atoms in total. The molecule has 1 heterocycles. The minimum absolute atomic E-state index is 0.752. The number of aromatic nitrogens is 2. The number of halogens is 1. The standard InChI is InChI=1S/C20H16ClN3/c21-16-8-6-15(7-9-16)13-22-17-10-11-20-19(12-17)23-14-24(20)18-4-2-1-3-5-18/h1-12,14,22H,13H2. The number of para-hydroxylation sites is 1. The maximum absolute atomic E-state index is 5.92. The number of hydrogen-bond donors (Lipinski definition) is 1. The third-order valence-electron chi connectivity index (χ3n) is 3.99. The molecule has 118 valence electrons. The van der Waals surface area contributed by atoms with Gasteiger partial charge >= 0.3 is 0 Å². The van der Waals surface area contributed by atoms with Gasteiger partial charge in [-0.05, 0) is 48.0 Å². The average molecular weight is 334 g/mol. The normalized spacial score (nSPS) is 10.9. The summed E-state index contributed by atoms with van der Waals surface area (Å²) in [6.45, 7) is 0.752. The predicted octanol–water partition coefficient (Wildman–Crippen LogP) is 5.29. The molecule has 0 aliphatic heterocycles. The van der Waals surface area contributed by atoms with Gasteiger partial charge in [-0.2, -0.15) is 0 Å². The second-order valence-electron chi connectivity index (χ2n) is 5.63. The van der Waals surface area contributed by atoms with Crippen molar-refractivity contribution in [2.45, 2.75) is 6.54 Å². The molecule has 1 aromatic heterocycles. The Balaban J connectivity index is 1.57. The summed E-state index contributed by atoms with van der Waals surface area (Å²) in [5.41, 5.74) is 5.42. The molecule has 4 aromatic rings. The van der Waals surface area contributed by atoms with Crippen molar-refractivity contribution in [3.05, 3.63) is 89.7 Å². The van der Waals surface area contributed by atoms with Crippen LogP contribution in [0.1, 0.15) is 5.56 Å². The van der Waals surface area contributed by atoms with Gasteiger partial charge in [-0.15, -0.1) is 0 Å². The molecule has 0 saturated carbocycles. The zero-order valence-corrected chi connectivity index (χ0v) is 13.7. The van der Waals surface area contributed by atoms with E-state index in [0.29, 0.717) is 0 Å². The van der Waals surface area contributed by atoms with E-state index in [-0.39, 0.29) is 0 Å². The molecule has 4 rings (SSSR count). The Morgan fingerprint density at radius 1 is 0.917 bits per heavy atom. The number of benzene rings is 3. The van der Waals surface area contributed by atoms with Gasteiger partial charge in [0.1, 0.15) is 6.33 Å². The van der Waals surface area contributed by atoms with Gasteiger partial charge in [-0.3, -0.25) is 4.57 Å². The molecule has 0 saturated heterocycles. The SMILES string of the molecule is Clc1ccc(CNc2ccc3c(c2)ncn3-c2ccccc2)cc1. The lowest BCUT2D eigenvalue weighted by molar-refractivity contribution is 1.09. The van der Waals surface area contributed by atoms with Gasteiger partial charge in [0, 0.05) is 22.9 Å². The quantitative estimate of drug-likeness (QED) is 0.550. The van der Waals surface area contributed by atoms with Crippen LogP contribution in [-0.2, 0) is 6.54 Å². The minimum Gasteiger partial charge on any atom is -0.381 e. The Morgan fingerprint density at radius 3 is 2.50 bits per heavy atom. The molecule has 0 fully saturated rings. The molecule has 0 aliphatic carbocycles. The van der Waals surface area contributed by atoms with Gasteiger partial charge in [0.25, 0.3) is 0 Å². The highest BCUT2D eigenvalue weighted by Gasteiger charge is 2.05. The van der Waals surface area contributed by atoms with Crippen LogP contribution in [0.2, 0.25) is 5.02 Å². The molecule has 0 radical (unpaired) electrons. The van der Waals surface area contributed by atoms with Crippen molar-refractivity contribution in [3.63, 3.8) is 0 Å². The van der Waals surface area contributed by atoms with Crippen molar-refractivity contribution in [1.82, 2.24) is 9.55 Å². The summed E-state index contributed by atoms with van der Waals surface area (Å²) < 4.78 is 2.10. The molecule has 24 heavy (non-hydrogen) atoms. The fraction of sp³-hybridized carbons (Fsp3) is 0.0500. The summed E-state index contributed by atoms with van der Waals surface area (Å²) in [4.78, 5) is 4.53. The van der Waals surface area contributed by atoms with Crippen LogP contribution in [0.4, 0.5) is 5.69 Å². The number of rotatable bonds is 4. The smallest absolute Gasteiger partial charge is 0.100 e. The van der Waals surface area contributed by atoms with E-state index in [1.165, 1.54) is 5.56 Å². The predicted molar refractivity (Wildman–Crippen MR) is 99.8 cm³/mol. The van der Waals surface area contributed by atoms with Gasteiger partial charge < -0.3 is 5.32 Å². The molecule has 0 amide bonds. The van der Waals surface area contributed by atoms with Crippen LogP contribution in [-0.4, -0.2) is 9.55 Å². The first-order chi connectivity index (χ1) is 11.8. The number of nitrogens with one attached hydrogen (secondary N) is 1. The summed E-state index contributed by atoms with van der Waals surface area (Å²) in [7, 11) is 0. The van der Waals surface area contributed by atoms with E-state index in [1.807, 2.05) is 48.8 Å². The maximum atomic E-state index is 5.92. The lowest BCUT2D eigenvalue weighted by Crippen LogP contribution is -1.99. The van der Waals surface area contributed by atoms with Crippen LogP contribution in [0.15, 0.2) is 79.1 Å². The van der Waals surface area contributed by atoms with E-state index in [0.717, 1.165) is 34.0 Å². The first-order valence-corrected chi connectivity index (χ1v) is 8.18. The maximum Gasteiger partial charge on any atom is 0.100 e. The van der Waals surface area contributed by atoms with E-state index in [2.05, 4.69) is 45.2 Å². The highest BCUT2D eigenvalue weighted by molar-refractivity contribution is 6.30. The van der Waals surface area contributed by atoms with Crippen LogP contribution < -0.4 is 5.32 Å². The zero-order valence-electron chi connectivity index (χ0n) is 13.0. The Hall–Kier alpha value is -2.78. The number of imidazole rings is 1. The molecule has 3 aromatic carbocycles. The molecule has 0 unspecified atom stereocenters. The minimum atomic E-state index is 0.752. The molecular formula is C20H16ClN3. The third-order valence-corrected chi connectivity index (χ3v) is 4.24. The van der Waals surface area contributed by atoms with E-state index in [1.54, 1.807) is 0 Å². The first kappa shape index (κ1) is 14.8. The summed E-state index contributed by atoms with van der Waals surface area (Å²) >= 11 is 5.92. The van der Waals surface area contributed by atoms with E-state index >= 15 is 0 Å². The molecular weight excluding hydrogens is 318 g/mol. The fourth-order valence-electron chi connectivity index (χ4n) is 2.72. The molecule has 1 N–H and O–H groups in total. The molecule has 0 bridgehead atoms. The fourth-order valence-corrected chi connectivity index (χ4v) is 2.85. The molecule has 0 spiro atoms. The lowest BCUT2D eigenvalue weighted by atomic mass is 10.2. The van der Waals surface area contributed by atoms with Gasteiger partial charge in [-0.25, -0.2) is 4.98 Å². The molecule has 4 heteroatoms. The second kappa shape index (κ2) is 6.38. The van der Waals surface area contributed by atoms with Crippen LogP contribution in [0.25, 0.3) is 16.7 Å². The van der Waals surface area contributed by atoms with Crippen molar-refractivity contribution in [3.8, 4) is 5.69 Å². The Bertz CT molecular complexity index is 959. The monoisotopic (exact) mass is 333 g/mol. The van der Waals surface area contributed by atoms with Gasteiger partial charge in [0.05, 0.1) is 11.0 Å². The van der Waals surface area contributed by atoms with Crippen molar-refractivity contribution < 1.29 is 0 Å². The van der Waals surface area contributed by atoms with Gasteiger partial charge in [0.2, 0.25) is 0 Å². The zero-order chi connectivity index (χ0) is 16.4. The molecule has 0 aliphatic rings.